The minimum Gasteiger partial charge on any atom is -0.402 e. The van der Waals surface area contributed by atoms with Gasteiger partial charge in [0.05, 0.1) is 0 Å². The Hall–Kier alpha value is -2.26. The second kappa shape index (κ2) is 13.0. The van der Waals surface area contributed by atoms with Crippen molar-refractivity contribution in [3.05, 3.63) is 33.6 Å². The Kier molecular flexibility index (Phi) is 11.9. The van der Waals surface area contributed by atoms with Crippen molar-refractivity contribution in [1.82, 2.24) is 5.32 Å². The quantitative estimate of drug-likeness (QED) is 0.240. The first kappa shape index (κ1) is 23.7. The van der Waals surface area contributed by atoms with Crippen molar-refractivity contribution >= 4 is 29.7 Å². The summed E-state index contributed by atoms with van der Waals surface area (Å²) >= 11 is 1.44. The molecule has 0 bridgehead atoms. The van der Waals surface area contributed by atoms with E-state index >= 15 is 0 Å². The van der Waals surface area contributed by atoms with Gasteiger partial charge in [-0.15, -0.1) is 11.8 Å². The summed E-state index contributed by atoms with van der Waals surface area (Å²) in [6.45, 7) is 6.79. The zero-order valence-electron chi connectivity index (χ0n) is 15.9. The Morgan fingerprint density at radius 2 is 2.04 bits per heavy atom. The zero-order valence-corrected chi connectivity index (χ0v) is 16.7. The average molecular weight is 383 g/mol. The number of carbonyl (C=O) groups excluding carboxylic acids is 1. The minimum absolute atomic E-state index is 0.0537. The number of nitrogens with one attached hydrogen (secondary N) is 2. The molecule has 1 aliphatic rings. The first-order chi connectivity index (χ1) is 12.3. The molecule has 0 unspecified atom stereocenters. The summed E-state index contributed by atoms with van der Waals surface area (Å²) in [5.41, 5.74) is 19.4. The molecule has 0 saturated heterocycles. The van der Waals surface area contributed by atoms with Crippen LogP contribution in [0.25, 0.3) is 0 Å². The van der Waals surface area contributed by atoms with E-state index in [1.807, 2.05) is 6.92 Å². The Labute approximate surface area is 159 Å². The van der Waals surface area contributed by atoms with Crippen molar-refractivity contribution in [3.8, 4) is 0 Å². The summed E-state index contributed by atoms with van der Waals surface area (Å²) in [7, 11) is 1.68. The maximum atomic E-state index is 10.8. The zero-order chi connectivity index (χ0) is 20.1. The Morgan fingerprint density at radius 1 is 1.42 bits per heavy atom. The van der Waals surface area contributed by atoms with Crippen LogP contribution in [0.1, 0.15) is 27.2 Å². The molecule has 8 nitrogen and oxygen atoms in total. The summed E-state index contributed by atoms with van der Waals surface area (Å²) in [4.78, 5) is 15.5. The number of nitrogens with two attached hydrogens (primary N) is 3. The molecule has 26 heavy (non-hydrogen) atoms. The molecule has 0 amide bonds. The van der Waals surface area contributed by atoms with E-state index in [9.17, 15) is 4.79 Å². The van der Waals surface area contributed by atoms with Gasteiger partial charge >= 0.3 is 0 Å². The standard InChI is InChI=1S/C14H22N6OS.C3H8O/c1-8(15)12(9(2)16)3-4-19-13(20-14(17)18)10-5-11(6-21)22-7-10;1-3-4-2/h5-6,15,19H,3-4,7,16H2,1-2H3,(H4,17,18,20);3H2,1-2H3/b12-9-,13-10-,15-8?;. The van der Waals surface area contributed by atoms with E-state index in [-0.39, 0.29) is 5.96 Å². The first-order valence-electron chi connectivity index (χ1n) is 8.12. The molecule has 0 saturated carbocycles. The number of nitrogens with zero attached hydrogens (tertiary/aromatic N) is 1. The summed E-state index contributed by atoms with van der Waals surface area (Å²) in [6, 6.07) is 0. The molecule has 146 valence electrons. The summed E-state index contributed by atoms with van der Waals surface area (Å²) < 4.78 is 4.54. The maximum absolute atomic E-state index is 10.8. The lowest BCUT2D eigenvalue weighted by Gasteiger charge is -2.12. The van der Waals surface area contributed by atoms with E-state index in [4.69, 9.17) is 22.6 Å². The largest absolute Gasteiger partial charge is 0.402 e. The summed E-state index contributed by atoms with van der Waals surface area (Å²) in [6.07, 6.45) is 3.16. The first-order valence-corrected chi connectivity index (χ1v) is 9.11. The number of thioether (sulfide) groups is 1. The molecule has 0 aromatic heterocycles. The van der Waals surface area contributed by atoms with Gasteiger partial charge in [0, 0.05) is 47.9 Å². The van der Waals surface area contributed by atoms with Crippen molar-refractivity contribution < 1.29 is 9.53 Å². The van der Waals surface area contributed by atoms with Crippen molar-refractivity contribution in [2.24, 2.45) is 22.2 Å². The van der Waals surface area contributed by atoms with Crippen molar-refractivity contribution in [1.29, 1.82) is 5.41 Å². The third-order valence-corrected chi connectivity index (χ3v) is 4.26. The Balaban J connectivity index is 0.00000141. The molecule has 0 aliphatic carbocycles. The van der Waals surface area contributed by atoms with Gasteiger partial charge in [-0.3, -0.25) is 4.79 Å². The van der Waals surface area contributed by atoms with Gasteiger partial charge < -0.3 is 32.7 Å². The number of hydrogen-bond donors (Lipinski definition) is 5. The van der Waals surface area contributed by atoms with Crippen LogP contribution in [0, 0.1) is 5.41 Å². The number of aldehydes is 1. The van der Waals surface area contributed by atoms with Gasteiger partial charge in [0.15, 0.2) is 12.2 Å². The molecule has 0 aromatic rings. The fourth-order valence-electron chi connectivity index (χ4n) is 1.96. The van der Waals surface area contributed by atoms with Crippen LogP contribution < -0.4 is 22.5 Å². The summed E-state index contributed by atoms with van der Waals surface area (Å²) in [5, 5.41) is 10.9. The van der Waals surface area contributed by atoms with E-state index in [0.717, 1.165) is 24.0 Å². The number of methoxy groups -OCH3 is 1. The van der Waals surface area contributed by atoms with Gasteiger partial charge in [0.1, 0.15) is 5.82 Å². The number of carbonyl (C=O) groups is 1. The average Bonchev–Trinajstić information content (AvgIpc) is 3.05. The van der Waals surface area contributed by atoms with E-state index in [1.165, 1.54) is 11.8 Å². The highest BCUT2D eigenvalue weighted by Crippen LogP contribution is 2.28. The molecule has 0 fully saturated rings. The second-order valence-corrected chi connectivity index (χ2v) is 6.45. The maximum Gasteiger partial charge on any atom is 0.192 e. The minimum atomic E-state index is -0.0537. The number of aliphatic imine (C=N–C) groups is 1. The van der Waals surface area contributed by atoms with Crippen molar-refractivity contribution in [3.63, 3.8) is 0 Å². The molecule has 0 spiro atoms. The second-order valence-electron chi connectivity index (χ2n) is 5.40. The fourth-order valence-corrected chi connectivity index (χ4v) is 2.80. The van der Waals surface area contributed by atoms with Crippen molar-refractivity contribution in [2.45, 2.75) is 27.2 Å². The topological polar surface area (TPSA) is 153 Å². The molecule has 1 aliphatic heterocycles. The highest BCUT2D eigenvalue weighted by Gasteiger charge is 2.14. The number of hydrogen-bond acceptors (Lipinski definition) is 7. The van der Waals surface area contributed by atoms with Crippen LogP contribution in [0.2, 0.25) is 0 Å². The molecule has 1 heterocycles. The predicted octanol–water partition coefficient (Wildman–Crippen LogP) is 1.21. The SMILES string of the molecule is CC(=N)/C(CCN/C(N=C(N)N)=C1\C=C(C=O)SC1)=C(/C)N.CCOC. The Bertz CT molecular complexity index is 613. The van der Waals surface area contributed by atoms with Gasteiger partial charge in [-0.2, -0.15) is 4.99 Å². The van der Waals surface area contributed by atoms with Crippen LogP contribution in [0.15, 0.2) is 38.6 Å². The van der Waals surface area contributed by atoms with Crippen LogP contribution in [-0.2, 0) is 9.53 Å². The lowest BCUT2D eigenvalue weighted by atomic mass is 10.1. The lowest BCUT2D eigenvalue weighted by molar-refractivity contribution is -0.104. The lowest BCUT2D eigenvalue weighted by Crippen LogP contribution is -2.26. The van der Waals surface area contributed by atoms with E-state index in [2.05, 4.69) is 15.0 Å². The van der Waals surface area contributed by atoms with Gasteiger partial charge in [-0.25, -0.2) is 0 Å². The number of ether oxygens (including phenoxy) is 1. The Morgan fingerprint density at radius 3 is 2.42 bits per heavy atom. The van der Waals surface area contributed by atoms with E-state index < -0.39 is 0 Å². The summed E-state index contributed by atoms with van der Waals surface area (Å²) in [5.74, 6) is 1.12. The predicted molar refractivity (Wildman–Crippen MR) is 110 cm³/mol. The third-order valence-electron chi connectivity index (χ3n) is 3.26. The van der Waals surface area contributed by atoms with Crippen molar-refractivity contribution in [2.75, 3.05) is 26.0 Å². The van der Waals surface area contributed by atoms with E-state index in [0.29, 0.717) is 40.9 Å². The van der Waals surface area contributed by atoms with Gasteiger partial charge in [-0.1, -0.05) is 0 Å². The van der Waals surface area contributed by atoms with Gasteiger partial charge in [0.25, 0.3) is 0 Å². The smallest absolute Gasteiger partial charge is 0.192 e. The van der Waals surface area contributed by atoms with Gasteiger partial charge in [-0.05, 0) is 38.8 Å². The number of rotatable bonds is 8. The molecule has 0 radical (unpaired) electrons. The van der Waals surface area contributed by atoms with Gasteiger partial charge in [0.2, 0.25) is 0 Å². The number of guanidine groups is 1. The van der Waals surface area contributed by atoms with Crippen LogP contribution >= 0.6 is 11.8 Å². The van der Waals surface area contributed by atoms with Crippen LogP contribution in [0.3, 0.4) is 0 Å². The molecule has 8 N–H and O–H groups in total. The van der Waals surface area contributed by atoms with E-state index in [1.54, 1.807) is 27.0 Å². The van der Waals surface area contributed by atoms with Crippen LogP contribution in [0.4, 0.5) is 0 Å². The third kappa shape index (κ3) is 9.28. The molecule has 9 heteroatoms. The molecular formula is C17H30N6O2S. The van der Waals surface area contributed by atoms with Crippen LogP contribution in [-0.4, -0.2) is 44.0 Å². The van der Waals surface area contributed by atoms with Crippen LogP contribution in [0.5, 0.6) is 0 Å². The fraction of sp³-hybridized carbons (Fsp3) is 0.471. The highest BCUT2D eigenvalue weighted by molar-refractivity contribution is 8.04. The normalized spacial score (nSPS) is 15.8. The molecule has 1 rings (SSSR count). The molecule has 0 atom stereocenters. The molecule has 0 aromatic carbocycles. The monoisotopic (exact) mass is 382 g/mol. The highest BCUT2D eigenvalue weighted by atomic mass is 32.2. The molecular weight excluding hydrogens is 352 g/mol. The number of allylic oxidation sites excluding steroid dienone is 3.